The van der Waals surface area contributed by atoms with Crippen LogP contribution in [0.2, 0.25) is 0 Å². The number of hydrogen-bond acceptors (Lipinski definition) is 4. The number of fused-ring (bicyclic) bond motifs is 2. The van der Waals surface area contributed by atoms with E-state index in [1.807, 2.05) is 38.1 Å². The van der Waals surface area contributed by atoms with E-state index >= 15 is 0 Å². The molecule has 1 atom stereocenters. The predicted molar refractivity (Wildman–Crippen MR) is 136 cm³/mol. The maximum Gasteiger partial charge on any atom is 0.244 e. The highest BCUT2D eigenvalue weighted by atomic mass is 16.2. The largest absolute Gasteiger partial charge is 0.372 e. The molecule has 0 saturated heterocycles. The Morgan fingerprint density at radius 3 is 2.52 bits per heavy atom. The zero-order valence-corrected chi connectivity index (χ0v) is 20.4. The predicted octanol–water partition coefficient (Wildman–Crippen LogP) is 5.32. The minimum Gasteiger partial charge on any atom is -0.372 e. The number of aryl methyl sites for hydroxylation is 3. The molecule has 2 aromatic carbocycles. The molecule has 1 aliphatic carbocycles. The second kappa shape index (κ2) is 9.38. The molecule has 2 aliphatic rings. The van der Waals surface area contributed by atoms with Gasteiger partial charge in [-0.3, -0.25) is 14.6 Å². The summed E-state index contributed by atoms with van der Waals surface area (Å²) < 4.78 is 0. The highest BCUT2D eigenvalue weighted by molar-refractivity contribution is 6.17. The third-order valence-corrected chi connectivity index (χ3v) is 6.95. The van der Waals surface area contributed by atoms with Crippen LogP contribution in [-0.2, 0) is 9.59 Å². The van der Waals surface area contributed by atoms with Crippen LogP contribution in [0.3, 0.4) is 0 Å². The molecule has 4 rings (SSSR count). The van der Waals surface area contributed by atoms with Gasteiger partial charge in [0.1, 0.15) is 6.54 Å². The number of aliphatic imine (C=N–C) groups is 1. The van der Waals surface area contributed by atoms with Crippen LogP contribution in [0, 0.1) is 26.7 Å². The average Bonchev–Trinajstić information content (AvgIpc) is 3.21. The van der Waals surface area contributed by atoms with Gasteiger partial charge in [-0.15, -0.1) is 0 Å². The van der Waals surface area contributed by atoms with Gasteiger partial charge in [0.15, 0.2) is 0 Å². The van der Waals surface area contributed by atoms with E-state index in [0.29, 0.717) is 0 Å². The zero-order chi connectivity index (χ0) is 23.7. The van der Waals surface area contributed by atoms with E-state index in [1.54, 1.807) is 4.90 Å². The number of hydrogen-bond donors (Lipinski definition) is 1. The van der Waals surface area contributed by atoms with Crippen molar-refractivity contribution in [2.24, 2.45) is 10.9 Å². The number of nitrogens with zero attached hydrogens (tertiary/aromatic N) is 3. The standard InChI is InChI=1S/C27H34N4O2/c1-6-30(7-2)20-11-12-22(19(5)13-20)29-26(32)16-31-25-15-18(4)17(3)14-24(25)28-23-10-8-9-21(23)27(31)33/h11-15,21H,6-10,16H2,1-5H3,(H,29,32)/t21-/m1/s1. The summed E-state index contributed by atoms with van der Waals surface area (Å²) in [6.45, 7) is 12.2. The van der Waals surface area contributed by atoms with Crippen LogP contribution < -0.4 is 15.1 Å². The van der Waals surface area contributed by atoms with E-state index < -0.39 is 0 Å². The van der Waals surface area contributed by atoms with E-state index in [2.05, 4.69) is 37.1 Å². The maximum atomic E-state index is 13.5. The van der Waals surface area contributed by atoms with Crippen LogP contribution in [0.1, 0.15) is 49.8 Å². The molecular weight excluding hydrogens is 412 g/mol. The summed E-state index contributed by atoms with van der Waals surface area (Å²) in [6, 6.07) is 10.1. The summed E-state index contributed by atoms with van der Waals surface area (Å²) in [7, 11) is 0. The molecule has 1 heterocycles. The van der Waals surface area contributed by atoms with Gasteiger partial charge in [-0.25, -0.2) is 0 Å². The molecule has 174 valence electrons. The van der Waals surface area contributed by atoms with Gasteiger partial charge in [0.2, 0.25) is 11.8 Å². The molecule has 1 fully saturated rings. The Bertz CT molecular complexity index is 1120. The lowest BCUT2D eigenvalue weighted by Crippen LogP contribution is -2.42. The van der Waals surface area contributed by atoms with Crippen molar-refractivity contribution >= 4 is 40.3 Å². The molecule has 0 radical (unpaired) electrons. The molecule has 0 spiro atoms. The number of nitrogens with one attached hydrogen (secondary N) is 1. The molecule has 1 N–H and O–H groups in total. The van der Waals surface area contributed by atoms with E-state index in [9.17, 15) is 9.59 Å². The van der Waals surface area contributed by atoms with E-state index in [-0.39, 0.29) is 24.3 Å². The van der Waals surface area contributed by atoms with Crippen molar-refractivity contribution in [3.63, 3.8) is 0 Å². The van der Waals surface area contributed by atoms with Crippen LogP contribution in [0.4, 0.5) is 22.7 Å². The summed E-state index contributed by atoms with van der Waals surface area (Å²) in [5, 5.41) is 3.03. The Balaban J connectivity index is 1.59. The van der Waals surface area contributed by atoms with E-state index in [1.165, 1.54) is 0 Å². The fourth-order valence-corrected chi connectivity index (χ4v) is 4.85. The summed E-state index contributed by atoms with van der Waals surface area (Å²) in [5.41, 5.74) is 7.61. The third kappa shape index (κ3) is 4.52. The van der Waals surface area contributed by atoms with Gasteiger partial charge < -0.3 is 15.1 Å². The number of rotatable bonds is 6. The zero-order valence-electron chi connectivity index (χ0n) is 20.4. The lowest BCUT2D eigenvalue weighted by atomic mass is 10.0. The smallest absolute Gasteiger partial charge is 0.244 e. The molecule has 0 bridgehead atoms. The Morgan fingerprint density at radius 2 is 1.82 bits per heavy atom. The summed E-state index contributed by atoms with van der Waals surface area (Å²) >= 11 is 0. The summed E-state index contributed by atoms with van der Waals surface area (Å²) in [6.07, 6.45) is 2.61. The SMILES string of the molecule is CCN(CC)c1ccc(NC(=O)CN2C(=O)[C@@H]3CCCC3=Nc3cc(C)c(C)cc32)c(C)c1. The minimum absolute atomic E-state index is 0.0167. The Labute approximate surface area is 196 Å². The molecule has 1 saturated carbocycles. The first-order valence-corrected chi connectivity index (χ1v) is 12.0. The van der Waals surface area contributed by atoms with Crippen LogP contribution in [-0.4, -0.2) is 37.2 Å². The fourth-order valence-electron chi connectivity index (χ4n) is 4.85. The van der Waals surface area contributed by atoms with Gasteiger partial charge in [0, 0.05) is 30.2 Å². The number of carbonyl (C=O) groups is 2. The lowest BCUT2D eigenvalue weighted by molar-refractivity contribution is -0.122. The van der Waals surface area contributed by atoms with Crippen molar-refractivity contribution in [3.8, 4) is 0 Å². The first-order chi connectivity index (χ1) is 15.8. The topological polar surface area (TPSA) is 65.0 Å². The first-order valence-electron chi connectivity index (χ1n) is 12.0. The van der Waals surface area contributed by atoms with Gasteiger partial charge in [0.05, 0.1) is 17.3 Å². The van der Waals surface area contributed by atoms with Crippen LogP contribution in [0.15, 0.2) is 35.3 Å². The number of benzene rings is 2. The molecule has 6 nitrogen and oxygen atoms in total. The molecule has 2 amide bonds. The highest BCUT2D eigenvalue weighted by Crippen LogP contribution is 2.39. The van der Waals surface area contributed by atoms with Gasteiger partial charge in [0.25, 0.3) is 0 Å². The molecule has 1 aliphatic heterocycles. The van der Waals surface area contributed by atoms with E-state index in [4.69, 9.17) is 4.99 Å². The number of amides is 2. The summed E-state index contributed by atoms with van der Waals surface area (Å²) in [5.74, 6) is -0.439. The number of anilines is 3. The van der Waals surface area contributed by atoms with Crippen molar-refractivity contribution in [2.45, 2.75) is 53.9 Å². The van der Waals surface area contributed by atoms with Gasteiger partial charge in [-0.2, -0.15) is 0 Å². The maximum absolute atomic E-state index is 13.5. The molecule has 0 aromatic heterocycles. The van der Waals surface area contributed by atoms with Crippen molar-refractivity contribution in [1.29, 1.82) is 0 Å². The first kappa shape index (κ1) is 23.0. The lowest BCUT2D eigenvalue weighted by Gasteiger charge is -2.25. The second-order valence-corrected chi connectivity index (χ2v) is 9.12. The monoisotopic (exact) mass is 446 g/mol. The Hall–Kier alpha value is -3.15. The van der Waals surface area contributed by atoms with Crippen LogP contribution in [0.5, 0.6) is 0 Å². The van der Waals surface area contributed by atoms with Crippen molar-refractivity contribution in [1.82, 2.24) is 0 Å². The highest BCUT2D eigenvalue weighted by Gasteiger charge is 2.37. The summed E-state index contributed by atoms with van der Waals surface area (Å²) in [4.78, 5) is 35.4. The molecule has 33 heavy (non-hydrogen) atoms. The quantitative estimate of drug-likeness (QED) is 0.653. The molecule has 2 aromatic rings. The third-order valence-electron chi connectivity index (χ3n) is 6.95. The van der Waals surface area contributed by atoms with Crippen LogP contribution >= 0.6 is 0 Å². The van der Waals surface area contributed by atoms with Crippen LogP contribution in [0.25, 0.3) is 0 Å². The fraction of sp³-hybridized carbons (Fsp3) is 0.444. The van der Waals surface area contributed by atoms with Gasteiger partial charge in [-0.1, -0.05) is 0 Å². The Kier molecular flexibility index (Phi) is 6.54. The Morgan fingerprint density at radius 1 is 1.09 bits per heavy atom. The van der Waals surface area contributed by atoms with Crippen molar-refractivity contribution in [3.05, 3.63) is 47.0 Å². The minimum atomic E-state index is -0.221. The second-order valence-electron chi connectivity index (χ2n) is 9.12. The van der Waals surface area contributed by atoms with Crippen molar-refractivity contribution < 1.29 is 9.59 Å². The average molecular weight is 447 g/mol. The van der Waals surface area contributed by atoms with E-state index in [0.717, 1.165) is 77.5 Å². The normalized spacial score (nSPS) is 17.2. The molecule has 6 heteroatoms. The van der Waals surface area contributed by atoms with Gasteiger partial charge in [-0.05, 0) is 101 Å². The van der Waals surface area contributed by atoms with Gasteiger partial charge >= 0.3 is 0 Å². The molecule has 0 unspecified atom stereocenters. The molecular formula is C27H34N4O2. The van der Waals surface area contributed by atoms with Crippen molar-refractivity contribution in [2.75, 3.05) is 34.8 Å². The number of carbonyl (C=O) groups excluding carboxylic acids is 2.